The number of amides is 1. The summed E-state index contributed by atoms with van der Waals surface area (Å²) in [5, 5.41) is 0. The quantitative estimate of drug-likeness (QED) is 0.870. The van der Waals surface area contributed by atoms with Gasteiger partial charge in [0.2, 0.25) is 5.91 Å². The molecule has 2 aromatic rings. The minimum atomic E-state index is 0.257. The Morgan fingerprint density at radius 3 is 2.75 bits per heavy atom. The van der Waals surface area contributed by atoms with Gasteiger partial charge in [0.05, 0.1) is 11.9 Å². The number of carbonyl (C=O) groups excluding carboxylic acids is 1. The number of hydrogen-bond acceptors (Lipinski definition) is 4. The molecule has 2 aromatic heterocycles. The van der Waals surface area contributed by atoms with Crippen LogP contribution in [0, 0.1) is 5.92 Å². The molecule has 0 spiro atoms. The third kappa shape index (κ3) is 3.05. The molecule has 0 unspecified atom stereocenters. The van der Waals surface area contributed by atoms with Crippen molar-refractivity contribution in [1.82, 2.24) is 24.4 Å². The molecule has 6 nitrogen and oxygen atoms in total. The fourth-order valence-electron chi connectivity index (χ4n) is 3.94. The summed E-state index contributed by atoms with van der Waals surface area (Å²) in [6.07, 6.45) is 15.6. The van der Waals surface area contributed by atoms with E-state index in [-0.39, 0.29) is 11.8 Å². The van der Waals surface area contributed by atoms with Crippen LogP contribution in [0.4, 0.5) is 0 Å². The molecule has 1 amide bonds. The summed E-state index contributed by atoms with van der Waals surface area (Å²) < 4.78 is 1.86. The Kier molecular flexibility index (Phi) is 4.28. The molecule has 6 heteroatoms. The first-order chi connectivity index (χ1) is 11.8. The summed E-state index contributed by atoms with van der Waals surface area (Å²) in [4.78, 5) is 27.9. The minimum absolute atomic E-state index is 0.257. The van der Waals surface area contributed by atoms with Gasteiger partial charge in [-0.1, -0.05) is 12.8 Å². The van der Waals surface area contributed by atoms with Crippen molar-refractivity contribution in [2.75, 3.05) is 13.1 Å². The zero-order chi connectivity index (χ0) is 16.4. The van der Waals surface area contributed by atoms with Crippen LogP contribution in [0.5, 0.6) is 0 Å². The van der Waals surface area contributed by atoms with Crippen molar-refractivity contribution in [2.24, 2.45) is 5.92 Å². The Balaban J connectivity index is 1.50. The third-order valence-corrected chi connectivity index (χ3v) is 5.27. The SMILES string of the molecule is O=C(C1CCCC1)N1CCC[C@H](c2cncc(-n3ccnc3)n2)C1. The standard InChI is InChI=1S/C18H23N5O/c24-18(14-4-1-2-5-14)22-8-3-6-15(12-22)16-10-20-11-17(21-16)23-9-7-19-13-23/h7,9-11,13-15H,1-6,8,12H2/t15-/m0/s1. The molecule has 1 saturated heterocycles. The Morgan fingerprint density at radius 1 is 1.08 bits per heavy atom. The van der Waals surface area contributed by atoms with E-state index in [1.807, 2.05) is 17.0 Å². The van der Waals surface area contributed by atoms with Crippen LogP contribution >= 0.6 is 0 Å². The van der Waals surface area contributed by atoms with Crippen LogP contribution in [-0.4, -0.2) is 43.4 Å². The van der Waals surface area contributed by atoms with Crippen molar-refractivity contribution < 1.29 is 4.79 Å². The molecular formula is C18H23N5O. The summed E-state index contributed by atoms with van der Waals surface area (Å²) in [5.41, 5.74) is 0.977. The monoisotopic (exact) mass is 325 g/mol. The van der Waals surface area contributed by atoms with Crippen LogP contribution in [0.15, 0.2) is 31.1 Å². The van der Waals surface area contributed by atoms with E-state index < -0.39 is 0 Å². The molecule has 1 aliphatic heterocycles. The van der Waals surface area contributed by atoms with Gasteiger partial charge in [0.15, 0.2) is 5.82 Å². The lowest BCUT2D eigenvalue weighted by molar-refractivity contribution is -0.136. The van der Waals surface area contributed by atoms with E-state index in [9.17, 15) is 4.79 Å². The molecule has 126 valence electrons. The van der Waals surface area contributed by atoms with Gasteiger partial charge in [-0.3, -0.25) is 14.3 Å². The maximum absolute atomic E-state index is 12.7. The van der Waals surface area contributed by atoms with Crippen LogP contribution < -0.4 is 0 Å². The first-order valence-corrected chi connectivity index (χ1v) is 8.90. The van der Waals surface area contributed by atoms with Gasteiger partial charge >= 0.3 is 0 Å². The zero-order valence-corrected chi connectivity index (χ0v) is 13.8. The molecule has 0 N–H and O–H groups in total. The number of likely N-dealkylation sites (tertiary alicyclic amines) is 1. The molecule has 4 rings (SSSR count). The van der Waals surface area contributed by atoms with Crippen molar-refractivity contribution in [3.63, 3.8) is 0 Å². The van der Waals surface area contributed by atoms with E-state index in [4.69, 9.17) is 4.98 Å². The average Bonchev–Trinajstić information content (AvgIpc) is 3.35. The molecule has 2 fully saturated rings. The van der Waals surface area contributed by atoms with Crippen LogP contribution in [-0.2, 0) is 4.79 Å². The first-order valence-electron chi connectivity index (χ1n) is 8.90. The van der Waals surface area contributed by atoms with Gasteiger partial charge < -0.3 is 4.90 Å². The van der Waals surface area contributed by atoms with Crippen LogP contribution in [0.1, 0.15) is 50.1 Å². The lowest BCUT2D eigenvalue weighted by Crippen LogP contribution is -2.42. The fraction of sp³-hybridized carbons (Fsp3) is 0.556. The lowest BCUT2D eigenvalue weighted by Gasteiger charge is -2.34. The molecular weight excluding hydrogens is 302 g/mol. The van der Waals surface area contributed by atoms with E-state index >= 15 is 0 Å². The molecule has 24 heavy (non-hydrogen) atoms. The molecule has 3 heterocycles. The van der Waals surface area contributed by atoms with Gasteiger partial charge in [0, 0.05) is 43.5 Å². The molecule has 1 aliphatic carbocycles. The number of rotatable bonds is 3. The lowest BCUT2D eigenvalue weighted by atomic mass is 9.93. The molecule has 0 radical (unpaired) electrons. The highest BCUT2D eigenvalue weighted by Gasteiger charge is 2.31. The highest BCUT2D eigenvalue weighted by molar-refractivity contribution is 5.79. The van der Waals surface area contributed by atoms with E-state index in [2.05, 4.69) is 14.9 Å². The minimum Gasteiger partial charge on any atom is -0.342 e. The fourth-order valence-corrected chi connectivity index (χ4v) is 3.94. The van der Waals surface area contributed by atoms with Gasteiger partial charge in [-0.05, 0) is 25.7 Å². The Hall–Kier alpha value is -2.24. The van der Waals surface area contributed by atoms with Gasteiger partial charge in [-0.2, -0.15) is 0 Å². The molecule has 0 bridgehead atoms. The van der Waals surface area contributed by atoms with Crippen LogP contribution in [0.2, 0.25) is 0 Å². The highest BCUT2D eigenvalue weighted by Crippen LogP contribution is 2.31. The third-order valence-electron chi connectivity index (χ3n) is 5.27. The largest absolute Gasteiger partial charge is 0.342 e. The van der Waals surface area contributed by atoms with E-state index in [1.54, 1.807) is 18.7 Å². The molecule has 1 saturated carbocycles. The molecule has 1 atom stereocenters. The number of hydrogen-bond donors (Lipinski definition) is 0. The van der Waals surface area contributed by atoms with Crippen molar-refractivity contribution in [1.29, 1.82) is 0 Å². The second-order valence-corrected chi connectivity index (χ2v) is 6.88. The Labute approximate surface area is 141 Å². The van der Waals surface area contributed by atoms with E-state index in [1.165, 1.54) is 12.8 Å². The summed E-state index contributed by atoms with van der Waals surface area (Å²) in [6, 6.07) is 0. The zero-order valence-electron chi connectivity index (χ0n) is 13.8. The second-order valence-electron chi connectivity index (χ2n) is 6.88. The Bertz CT molecular complexity index is 693. The predicted octanol–water partition coefficient (Wildman–Crippen LogP) is 2.56. The summed E-state index contributed by atoms with van der Waals surface area (Å²) in [5.74, 6) is 1.67. The Morgan fingerprint density at radius 2 is 1.96 bits per heavy atom. The number of imidazole rings is 1. The summed E-state index contributed by atoms with van der Waals surface area (Å²) in [7, 11) is 0. The maximum atomic E-state index is 12.7. The van der Waals surface area contributed by atoms with E-state index in [0.717, 1.165) is 50.3 Å². The van der Waals surface area contributed by atoms with Gasteiger partial charge in [0.1, 0.15) is 6.33 Å². The van der Waals surface area contributed by atoms with Gasteiger partial charge in [0.25, 0.3) is 0 Å². The number of aromatic nitrogens is 4. The average molecular weight is 325 g/mol. The summed E-state index contributed by atoms with van der Waals surface area (Å²) in [6.45, 7) is 1.66. The van der Waals surface area contributed by atoms with Gasteiger partial charge in [-0.15, -0.1) is 0 Å². The van der Waals surface area contributed by atoms with Crippen molar-refractivity contribution in [3.8, 4) is 5.82 Å². The van der Waals surface area contributed by atoms with Crippen LogP contribution in [0.3, 0.4) is 0 Å². The number of carbonyl (C=O) groups is 1. The smallest absolute Gasteiger partial charge is 0.225 e. The number of piperidine rings is 1. The summed E-state index contributed by atoms with van der Waals surface area (Å²) >= 11 is 0. The molecule has 2 aliphatic rings. The topological polar surface area (TPSA) is 63.9 Å². The maximum Gasteiger partial charge on any atom is 0.225 e. The second kappa shape index (κ2) is 6.71. The van der Waals surface area contributed by atoms with Crippen molar-refractivity contribution in [3.05, 3.63) is 36.8 Å². The van der Waals surface area contributed by atoms with Crippen molar-refractivity contribution in [2.45, 2.75) is 44.4 Å². The van der Waals surface area contributed by atoms with Crippen LogP contribution in [0.25, 0.3) is 5.82 Å². The normalized spacial score (nSPS) is 22.0. The predicted molar refractivity (Wildman–Crippen MR) is 89.7 cm³/mol. The van der Waals surface area contributed by atoms with E-state index in [0.29, 0.717) is 5.91 Å². The van der Waals surface area contributed by atoms with Gasteiger partial charge in [-0.25, -0.2) is 9.97 Å². The first kappa shape index (κ1) is 15.3. The molecule has 0 aromatic carbocycles. The van der Waals surface area contributed by atoms with Crippen molar-refractivity contribution >= 4 is 5.91 Å². The number of nitrogens with zero attached hydrogens (tertiary/aromatic N) is 5. The highest BCUT2D eigenvalue weighted by atomic mass is 16.2.